The SMILES string of the molecule is CC=Cn1c(=O)c2nnc(-c3ccc4c(c3)CN(C)CC43CC3)cc2n1-c1ccc2c(n1)[C@@](O)(CC)CC2. The highest BCUT2D eigenvalue weighted by Gasteiger charge is 2.48. The Labute approximate surface area is 221 Å². The first-order valence-electron chi connectivity index (χ1n) is 13.5. The Bertz CT molecular complexity index is 1700. The highest BCUT2D eigenvalue weighted by Crippen LogP contribution is 2.52. The number of pyridine rings is 1. The van der Waals surface area contributed by atoms with Crippen molar-refractivity contribution in [3.63, 3.8) is 0 Å². The van der Waals surface area contributed by atoms with Crippen molar-refractivity contribution in [3.8, 4) is 17.1 Å². The summed E-state index contributed by atoms with van der Waals surface area (Å²) in [6, 6.07) is 12.5. The summed E-state index contributed by atoms with van der Waals surface area (Å²) in [6.45, 7) is 5.89. The molecule has 0 bridgehead atoms. The Hall–Kier alpha value is -3.62. The largest absolute Gasteiger partial charge is 0.384 e. The number of allylic oxidation sites excluding steroid dienone is 1. The minimum absolute atomic E-state index is 0.257. The van der Waals surface area contributed by atoms with Crippen LogP contribution in [-0.2, 0) is 24.0 Å². The van der Waals surface area contributed by atoms with Gasteiger partial charge in [-0.2, -0.15) is 0 Å². The number of hydrogen-bond acceptors (Lipinski definition) is 6. The zero-order chi connectivity index (χ0) is 26.2. The van der Waals surface area contributed by atoms with E-state index in [2.05, 4.69) is 40.3 Å². The minimum atomic E-state index is -0.944. The fraction of sp³-hybridized carbons (Fsp3) is 0.400. The zero-order valence-electron chi connectivity index (χ0n) is 22.1. The highest BCUT2D eigenvalue weighted by atomic mass is 16.3. The molecular weight excluding hydrogens is 476 g/mol. The molecule has 3 aliphatic rings. The number of hydrogen-bond donors (Lipinski definition) is 1. The van der Waals surface area contributed by atoms with Crippen LogP contribution in [0.1, 0.15) is 61.9 Å². The third-order valence-electron chi connectivity index (χ3n) is 8.77. The topological polar surface area (TPSA) is 89.1 Å². The predicted molar refractivity (Wildman–Crippen MR) is 147 cm³/mol. The molecule has 1 fully saturated rings. The van der Waals surface area contributed by atoms with Gasteiger partial charge in [0.05, 0.1) is 11.4 Å². The first-order chi connectivity index (χ1) is 18.4. The second-order valence-electron chi connectivity index (χ2n) is 11.3. The smallest absolute Gasteiger partial charge is 0.299 e. The maximum absolute atomic E-state index is 13.4. The monoisotopic (exact) mass is 508 g/mol. The van der Waals surface area contributed by atoms with Crippen molar-refractivity contribution in [2.75, 3.05) is 13.6 Å². The molecule has 2 aliphatic carbocycles. The Morgan fingerprint density at radius 3 is 2.68 bits per heavy atom. The van der Waals surface area contributed by atoms with Crippen LogP contribution in [0.25, 0.3) is 34.3 Å². The van der Waals surface area contributed by atoms with Crippen molar-refractivity contribution < 1.29 is 5.11 Å². The summed E-state index contributed by atoms with van der Waals surface area (Å²) in [5.41, 5.74) is 6.32. The second kappa shape index (κ2) is 8.19. The number of likely N-dealkylation sites (N-methyl/N-ethyl adjacent to an activating group) is 1. The van der Waals surface area contributed by atoms with Crippen LogP contribution in [0.5, 0.6) is 0 Å². The summed E-state index contributed by atoms with van der Waals surface area (Å²) in [4.78, 5) is 20.7. The van der Waals surface area contributed by atoms with E-state index in [0.29, 0.717) is 35.3 Å². The average Bonchev–Trinajstić information content (AvgIpc) is 3.53. The molecular formula is C30H32N6O2. The molecule has 4 heterocycles. The number of benzene rings is 1. The predicted octanol–water partition coefficient (Wildman–Crippen LogP) is 4.16. The van der Waals surface area contributed by atoms with Gasteiger partial charge in [-0.3, -0.25) is 4.79 Å². The van der Waals surface area contributed by atoms with Gasteiger partial charge in [-0.15, -0.1) is 10.2 Å². The second-order valence-corrected chi connectivity index (χ2v) is 11.3. The van der Waals surface area contributed by atoms with Gasteiger partial charge in [0.2, 0.25) is 0 Å². The number of aliphatic hydroxyl groups is 1. The molecule has 1 N–H and O–H groups in total. The molecule has 1 aromatic carbocycles. The van der Waals surface area contributed by atoms with E-state index in [4.69, 9.17) is 4.98 Å². The molecule has 38 heavy (non-hydrogen) atoms. The van der Waals surface area contributed by atoms with Gasteiger partial charge in [-0.05, 0) is 81.0 Å². The van der Waals surface area contributed by atoms with Crippen LogP contribution < -0.4 is 5.56 Å². The van der Waals surface area contributed by atoms with Crippen LogP contribution in [0, 0.1) is 0 Å². The molecule has 0 radical (unpaired) electrons. The van der Waals surface area contributed by atoms with E-state index in [0.717, 1.165) is 36.3 Å². The van der Waals surface area contributed by atoms with Gasteiger partial charge in [0.25, 0.3) is 5.56 Å². The lowest BCUT2D eigenvalue weighted by Crippen LogP contribution is -2.35. The van der Waals surface area contributed by atoms with Gasteiger partial charge >= 0.3 is 0 Å². The Balaban J connectivity index is 1.40. The molecule has 4 aromatic rings. The first-order valence-corrected chi connectivity index (χ1v) is 13.5. The summed E-state index contributed by atoms with van der Waals surface area (Å²) < 4.78 is 3.31. The molecule has 1 aliphatic heterocycles. The van der Waals surface area contributed by atoms with E-state index < -0.39 is 5.60 Å². The van der Waals surface area contributed by atoms with Gasteiger partial charge in [0.1, 0.15) is 11.1 Å². The number of aryl methyl sites for hydroxylation is 1. The first kappa shape index (κ1) is 23.5. The van der Waals surface area contributed by atoms with Crippen molar-refractivity contribution in [3.05, 3.63) is 75.2 Å². The van der Waals surface area contributed by atoms with Gasteiger partial charge in [0, 0.05) is 30.3 Å². The van der Waals surface area contributed by atoms with E-state index in [1.807, 2.05) is 38.1 Å². The molecule has 194 valence electrons. The van der Waals surface area contributed by atoms with Crippen molar-refractivity contribution in [1.82, 2.24) is 29.4 Å². The molecule has 0 saturated heterocycles. The molecule has 7 rings (SSSR count). The summed E-state index contributed by atoms with van der Waals surface area (Å²) in [5, 5.41) is 20.1. The molecule has 0 amide bonds. The quantitative estimate of drug-likeness (QED) is 0.445. The van der Waals surface area contributed by atoms with Crippen LogP contribution in [0.15, 0.2) is 47.3 Å². The van der Waals surface area contributed by atoms with Crippen LogP contribution in [-0.4, -0.2) is 48.1 Å². The number of rotatable bonds is 4. The van der Waals surface area contributed by atoms with E-state index in [-0.39, 0.29) is 11.1 Å². The third kappa shape index (κ3) is 3.36. The Morgan fingerprint density at radius 1 is 1.08 bits per heavy atom. The maximum Gasteiger partial charge on any atom is 0.299 e. The van der Waals surface area contributed by atoms with E-state index in [1.165, 1.54) is 28.7 Å². The number of aromatic nitrogens is 5. The van der Waals surface area contributed by atoms with Gasteiger partial charge in [0.15, 0.2) is 11.3 Å². The van der Waals surface area contributed by atoms with Crippen LogP contribution in [0.3, 0.4) is 0 Å². The summed E-state index contributed by atoms with van der Waals surface area (Å²) in [7, 11) is 2.19. The third-order valence-corrected chi connectivity index (χ3v) is 8.77. The molecule has 1 spiro atoms. The standard InChI is InChI=1S/C30H32N6O2/c1-4-14-35-28(37)26-24(36(35)25-9-7-19-10-11-30(38,5-2)27(19)31-25)16-23(32-33-26)20-6-8-22-21(15-20)17-34(3)18-29(22)12-13-29/h4,6-9,14-16,38H,5,10-13,17-18H2,1-3H3/t30-/m1/s1. The number of nitrogens with zero attached hydrogens (tertiary/aromatic N) is 6. The summed E-state index contributed by atoms with van der Waals surface area (Å²) in [5.74, 6) is 0.574. The summed E-state index contributed by atoms with van der Waals surface area (Å²) >= 11 is 0. The lowest BCUT2D eigenvalue weighted by atomic mass is 9.86. The van der Waals surface area contributed by atoms with Crippen molar-refractivity contribution in [2.45, 2.75) is 63.5 Å². The fourth-order valence-corrected chi connectivity index (χ4v) is 6.59. The lowest BCUT2D eigenvalue weighted by Gasteiger charge is -2.32. The van der Waals surface area contributed by atoms with E-state index in [1.54, 1.807) is 10.9 Å². The van der Waals surface area contributed by atoms with Gasteiger partial charge < -0.3 is 10.0 Å². The van der Waals surface area contributed by atoms with Crippen LogP contribution in [0.2, 0.25) is 0 Å². The lowest BCUT2D eigenvalue weighted by molar-refractivity contribution is 0.0306. The van der Waals surface area contributed by atoms with Gasteiger partial charge in [-0.25, -0.2) is 14.3 Å². The molecule has 1 atom stereocenters. The number of fused-ring (bicyclic) bond motifs is 4. The molecule has 8 heteroatoms. The normalized spacial score (nSPS) is 21.9. The van der Waals surface area contributed by atoms with Crippen LogP contribution in [0.4, 0.5) is 0 Å². The molecule has 1 saturated carbocycles. The molecule has 3 aromatic heterocycles. The zero-order valence-corrected chi connectivity index (χ0v) is 22.1. The Kier molecular flexibility index (Phi) is 5.06. The van der Waals surface area contributed by atoms with E-state index in [9.17, 15) is 9.90 Å². The van der Waals surface area contributed by atoms with Crippen molar-refractivity contribution >= 4 is 17.2 Å². The highest BCUT2D eigenvalue weighted by molar-refractivity contribution is 5.80. The molecule has 0 unspecified atom stereocenters. The van der Waals surface area contributed by atoms with E-state index >= 15 is 0 Å². The molecule has 8 nitrogen and oxygen atoms in total. The average molecular weight is 509 g/mol. The van der Waals surface area contributed by atoms with Crippen molar-refractivity contribution in [2.24, 2.45) is 0 Å². The van der Waals surface area contributed by atoms with Crippen LogP contribution >= 0.6 is 0 Å². The minimum Gasteiger partial charge on any atom is -0.384 e. The maximum atomic E-state index is 13.4. The fourth-order valence-electron chi connectivity index (χ4n) is 6.59. The summed E-state index contributed by atoms with van der Waals surface area (Å²) in [6.07, 6.45) is 8.08. The van der Waals surface area contributed by atoms with Crippen molar-refractivity contribution in [1.29, 1.82) is 0 Å². The Morgan fingerprint density at radius 2 is 1.92 bits per heavy atom. The van der Waals surface area contributed by atoms with Gasteiger partial charge in [-0.1, -0.05) is 31.2 Å².